The van der Waals surface area contributed by atoms with Gasteiger partial charge in [0, 0.05) is 37.6 Å². The molecule has 2 aromatic rings. The number of hydrogen-bond donors (Lipinski definition) is 1. The molecule has 2 amide bonds. The molecule has 10 nitrogen and oxygen atoms in total. The maximum Gasteiger partial charge on any atom is 0.265 e. The molecule has 47 heavy (non-hydrogen) atoms. The fourth-order valence-corrected chi connectivity index (χ4v) is 8.55. The Kier molecular flexibility index (Phi) is 9.38. The fraction of sp³-hybridized carbons (Fsp3) is 0.543. The molecular formula is C35H44ClN3O7S. The van der Waals surface area contributed by atoms with Crippen molar-refractivity contribution < 1.29 is 32.2 Å². The normalized spacial score (nSPS) is 28.8. The Morgan fingerprint density at radius 2 is 1.98 bits per heavy atom. The van der Waals surface area contributed by atoms with Gasteiger partial charge in [-0.1, -0.05) is 29.8 Å². The van der Waals surface area contributed by atoms with Crippen LogP contribution in [0.4, 0.5) is 5.69 Å². The van der Waals surface area contributed by atoms with Crippen molar-refractivity contribution in [3.05, 3.63) is 64.7 Å². The van der Waals surface area contributed by atoms with E-state index in [0.717, 1.165) is 32.1 Å². The topological polar surface area (TPSA) is 114 Å². The second-order valence-corrected chi connectivity index (χ2v) is 16.1. The molecule has 254 valence electrons. The molecule has 1 N–H and O–H groups in total. The predicted octanol–water partition coefficient (Wildman–Crippen LogP) is 4.48. The Labute approximate surface area is 282 Å². The summed E-state index contributed by atoms with van der Waals surface area (Å²) in [7, 11) is -0.817. The molecule has 2 heterocycles. The lowest BCUT2D eigenvalue weighted by molar-refractivity contribution is -0.139. The molecule has 6 rings (SSSR count). The lowest BCUT2D eigenvalue weighted by atomic mass is 9.68. The number of nitrogens with zero attached hydrogens (tertiary/aromatic N) is 2. The van der Waals surface area contributed by atoms with Crippen molar-refractivity contribution in [1.29, 1.82) is 0 Å². The highest BCUT2D eigenvalue weighted by atomic mass is 35.5. The first-order valence-corrected chi connectivity index (χ1v) is 18.1. The SMILES string of the molecule is CN(C)C(=O)CO[C@@H]1/C=C\COC(C)(C)C(=O)NS(=O)(=O)c2ccc3c(c2)N(C[C@@H]2CC[C@H]21)C[C@@]1(CCCc2cc(Cl)ccc21)CO3. The van der Waals surface area contributed by atoms with Crippen LogP contribution in [0.3, 0.4) is 0 Å². The summed E-state index contributed by atoms with van der Waals surface area (Å²) in [5, 5.41) is 0.707. The van der Waals surface area contributed by atoms with Crippen molar-refractivity contribution in [3.63, 3.8) is 0 Å². The number of hydrogen-bond acceptors (Lipinski definition) is 8. The Bertz CT molecular complexity index is 1680. The average Bonchev–Trinajstić information content (AvgIpc) is 3.15. The number of nitrogens with one attached hydrogen (secondary N) is 1. The van der Waals surface area contributed by atoms with Crippen LogP contribution in [0.15, 0.2) is 53.4 Å². The molecule has 2 aliphatic heterocycles. The van der Waals surface area contributed by atoms with E-state index in [2.05, 4.69) is 15.7 Å². The third kappa shape index (κ3) is 6.90. The molecule has 0 unspecified atom stereocenters. The van der Waals surface area contributed by atoms with Crippen molar-refractivity contribution in [2.24, 2.45) is 11.8 Å². The minimum atomic E-state index is -4.22. The van der Waals surface area contributed by atoms with Gasteiger partial charge in [-0.15, -0.1) is 0 Å². The van der Waals surface area contributed by atoms with Crippen molar-refractivity contribution in [2.45, 2.75) is 68.0 Å². The zero-order valence-electron chi connectivity index (χ0n) is 27.5. The van der Waals surface area contributed by atoms with Crippen LogP contribution in [0.5, 0.6) is 5.75 Å². The van der Waals surface area contributed by atoms with E-state index in [0.29, 0.717) is 36.2 Å². The summed E-state index contributed by atoms with van der Waals surface area (Å²) in [6.45, 7) is 4.77. The van der Waals surface area contributed by atoms with Crippen LogP contribution in [0, 0.1) is 11.8 Å². The van der Waals surface area contributed by atoms with Gasteiger partial charge >= 0.3 is 0 Å². The quantitative estimate of drug-likeness (QED) is 0.471. The van der Waals surface area contributed by atoms with E-state index in [1.807, 2.05) is 18.2 Å². The summed E-state index contributed by atoms with van der Waals surface area (Å²) < 4.78 is 48.0. The molecule has 2 aromatic carbocycles. The predicted molar refractivity (Wildman–Crippen MR) is 179 cm³/mol. The molecule has 2 aliphatic carbocycles. The first-order valence-electron chi connectivity index (χ1n) is 16.3. The van der Waals surface area contributed by atoms with E-state index in [1.54, 1.807) is 32.3 Å². The highest BCUT2D eigenvalue weighted by Crippen LogP contribution is 2.47. The van der Waals surface area contributed by atoms with Crippen LogP contribution >= 0.6 is 11.6 Å². The second-order valence-electron chi connectivity index (χ2n) is 14.0. The van der Waals surface area contributed by atoms with E-state index >= 15 is 0 Å². The van der Waals surface area contributed by atoms with Gasteiger partial charge in [0.2, 0.25) is 5.91 Å². The minimum Gasteiger partial charge on any atom is -0.490 e. The molecule has 0 aromatic heterocycles. The summed E-state index contributed by atoms with van der Waals surface area (Å²) in [5.74, 6) is 0.0267. The third-order valence-electron chi connectivity index (χ3n) is 10.2. The average molecular weight is 686 g/mol. The van der Waals surface area contributed by atoms with Crippen molar-refractivity contribution in [1.82, 2.24) is 9.62 Å². The maximum atomic E-state index is 13.6. The smallest absolute Gasteiger partial charge is 0.265 e. The summed E-state index contributed by atoms with van der Waals surface area (Å²) >= 11 is 6.42. The van der Waals surface area contributed by atoms with Gasteiger partial charge in [0.15, 0.2) is 0 Å². The number of likely N-dealkylation sites (N-methyl/N-ethyl adjacent to an activating group) is 1. The molecule has 1 spiro atoms. The van der Waals surface area contributed by atoms with Crippen LogP contribution in [-0.2, 0) is 40.9 Å². The number of carbonyl (C=O) groups excluding carboxylic acids is 2. The van der Waals surface area contributed by atoms with Gasteiger partial charge in [-0.25, -0.2) is 13.1 Å². The molecule has 0 radical (unpaired) electrons. The lowest BCUT2D eigenvalue weighted by Gasteiger charge is -2.46. The van der Waals surface area contributed by atoms with Crippen LogP contribution in [-0.4, -0.2) is 83.8 Å². The zero-order chi connectivity index (χ0) is 33.6. The van der Waals surface area contributed by atoms with Crippen molar-refractivity contribution >= 4 is 39.1 Å². The Morgan fingerprint density at radius 3 is 2.72 bits per heavy atom. The highest BCUT2D eigenvalue weighted by Gasteiger charge is 2.45. The molecule has 1 fully saturated rings. The van der Waals surface area contributed by atoms with Crippen molar-refractivity contribution in [2.75, 3.05) is 51.9 Å². The molecule has 2 bridgehead atoms. The lowest BCUT2D eigenvalue weighted by Crippen LogP contribution is -2.50. The van der Waals surface area contributed by atoms with Gasteiger partial charge < -0.3 is 24.0 Å². The van der Waals surface area contributed by atoms with Gasteiger partial charge in [-0.05, 0) is 99.2 Å². The summed E-state index contributed by atoms with van der Waals surface area (Å²) in [6, 6.07) is 10.9. The molecule has 1 saturated carbocycles. The van der Waals surface area contributed by atoms with Gasteiger partial charge in [0.25, 0.3) is 15.9 Å². The monoisotopic (exact) mass is 685 g/mol. The van der Waals surface area contributed by atoms with E-state index in [9.17, 15) is 18.0 Å². The largest absolute Gasteiger partial charge is 0.490 e. The number of anilines is 1. The number of carbonyl (C=O) groups is 2. The summed E-state index contributed by atoms with van der Waals surface area (Å²) in [4.78, 5) is 29.4. The Morgan fingerprint density at radius 1 is 1.17 bits per heavy atom. The minimum absolute atomic E-state index is 0.0265. The standard InChI is InChI=1S/C35H44ClN3O7S/c1-34(2)33(41)37-47(42,43)26-11-14-31-29(18-26)39(21-35(22-45-31)15-5-7-23-17-25(36)10-13-28(23)35)19-24-9-12-27(24)30(8-6-16-46-34)44-20-32(40)38(3)4/h6,8,10-11,13-14,17-18,24,27,30H,5,7,9,12,15-16,19-22H2,1-4H3,(H,37,41)/b8-6-/t24-,27+,30+,35-/m0/s1. The summed E-state index contributed by atoms with van der Waals surface area (Å²) in [5.41, 5.74) is 1.33. The highest BCUT2D eigenvalue weighted by molar-refractivity contribution is 7.90. The van der Waals surface area contributed by atoms with Gasteiger partial charge in [-0.3, -0.25) is 9.59 Å². The van der Waals surface area contributed by atoms with Crippen LogP contribution in [0.2, 0.25) is 5.02 Å². The first-order chi connectivity index (χ1) is 22.3. The number of amides is 2. The van der Waals surface area contributed by atoms with Gasteiger partial charge in [0.1, 0.15) is 18.0 Å². The van der Waals surface area contributed by atoms with Crippen LogP contribution < -0.4 is 14.4 Å². The molecule has 4 aliphatic rings. The number of ether oxygens (including phenoxy) is 3. The number of fused-ring (bicyclic) bond motifs is 4. The van der Waals surface area contributed by atoms with E-state index in [1.165, 1.54) is 35.9 Å². The van der Waals surface area contributed by atoms with Crippen molar-refractivity contribution in [3.8, 4) is 5.75 Å². The van der Waals surface area contributed by atoms with Gasteiger partial charge in [0.05, 0.1) is 29.9 Å². The van der Waals surface area contributed by atoms with E-state index in [-0.39, 0.29) is 47.4 Å². The first kappa shape index (κ1) is 33.8. The molecular weight excluding hydrogens is 642 g/mol. The van der Waals surface area contributed by atoms with Crippen LogP contribution in [0.25, 0.3) is 0 Å². The number of rotatable bonds is 3. The maximum absolute atomic E-state index is 13.6. The Hall–Kier alpha value is -3.12. The zero-order valence-corrected chi connectivity index (χ0v) is 29.0. The third-order valence-corrected chi connectivity index (χ3v) is 11.8. The Balaban J connectivity index is 1.42. The number of aryl methyl sites for hydroxylation is 1. The van der Waals surface area contributed by atoms with Gasteiger partial charge in [-0.2, -0.15) is 0 Å². The number of sulfonamides is 1. The van der Waals surface area contributed by atoms with E-state index in [4.69, 9.17) is 25.8 Å². The second kappa shape index (κ2) is 13.1. The van der Waals surface area contributed by atoms with E-state index < -0.39 is 21.5 Å². The number of halogens is 1. The molecule has 0 saturated heterocycles. The fourth-order valence-electron chi connectivity index (χ4n) is 7.23. The number of benzene rings is 2. The molecule has 4 atom stereocenters. The molecule has 12 heteroatoms. The summed E-state index contributed by atoms with van der Waals surface area (Å²) in [6.07, 6.45) is 8.08. The van der Waals surface area contributed by atoms with Crippen LogP contribution in [0.1, 0.15) is 50.7 Å².